The van der Waals surface area contributed by atoms with E-state index in [0.717, 1.165) is 25.2 Å². The maximum absolute atomic E-state index is 11.6. The molecule has 2 amide bonds. The van der Waals surface area contributed by atoms with Gasteiger partial charge in [-0.25, -0.2) is 4.79 Å². The fourth-order valence-corrected chi connectivity index (χ4v) is 2.06. The van der Waals surface area contributed by atoms with Gasteiger partial charge in [0, 0.05) is 13.2 Å². The smallest absolute Gasteiger partial charge is 0.317 e. The van der Waals surface area contributed by atoms with Crippen molar-refractivity contribution >= 4 is 6.03 Å². The number of urea groups is 1. The number of ether oxygens (including phenoxy) is 2. The van der Waals surface area contributed by atoms with Crippen LogP contribution in [0.1, 0.15) is 24.0 Å². The molecule has 5 heteroatoms. The molecule has 5 nitrogen and oxygen atoms in total. The summed E-state index contributed by atoms with van der Waals surface area (Å²) in [6, 6.07) is 5.63. The molecule has 2 rings (SSSR count). The minimum absolute atomic E-state index is 0.153. The summed E-state index contributed by atoms with van der Waals surface area (Å²) in [4.78, 5) is 11.6. The predicted molar refractivity (Wildman–Crippen MR) is 76.9 cm³/mol. The molecule has 1 unspecified atom stereocenters. The molecular formula is C15H22N2O3. The molecule has 1 aliphatic heterocycles. The van der Waals surface area contributed by atoms with E-state index >= 15 is 0 Å². The summed E-state index contributed by atoms with van der Waals surface area (Å²) < 4.78 is 10.9. The molecule has 0 spiro atoms. The van der Waals surface area contributed by atoms with Gasteiger partial charge < -0.3 is 20.1 Å². The van der Waals surface area contributed by atoms with Crippen LogP contribution in [0.5, 0.6) is 5.75 Å². The summed E-state index contributed by atoms with van der Waals surface area (Å²) in [6.45, 7) is 5.58. The van der Waals surface area contributed by atoms with Gasteiger partial charge in [-0.2, -0.15) is 0 Å². The van der Waals surface area contributed by atoms with Crippen molar-refractivity contribution in [3.63, 3.8) is 0 Å². The highest BCUT2D eigenvalue weighted by Crippen LogP contribution is 2.15. The van der Waals surface area contributed by atoms with Gasteiger partial charge in [-0.15, -0.1) is 0 Å². The van der Waals surface area contributed by atoms with Gasteiger partial charge in [0.1, 0.15) is 5.75 Å². The first-order chi connectivity index (χ1) is 9.65. The molecular weight excluding hydrogens is 256 g/mol. The van der Waals surface area contributed by atoms with Crippen LogP contribution in [-0.4, -0.2) is 32.0 Å². The van der Waals surface area contributed by atoms with Crippen LogP contribution >= 0.6 is 0 Å². The van der Waals surface area contributed by atoms with Crippen molar-refractivity contribution in [2.45, 2.75) is 32.8 Å². The van der Waals surface area contributed by atoms with E-state index in [0.29, 0.717) is 6.54 Å². The summed E-state index contributed by atoms with van der Waals surface area (Å²) in [5.41, 5.74) is 2.39. The van der Waals surface area contributed by atoms with E-state index in [9.17, 15) is 4.79 Å². The van der Waals surface area contributed by atoms with Crippen LogP contribution in [0.2, 0.25) is 0 Å². The quantitative estimate of drug-likeness (QED) is 0.811. The van der Waals surface area contributed by atoms with Crippen molar-refractivity contribution in [1.82, 2.24) is 10.6 Å². The second-order valence-electron chi connectivity index (χ2n) is 5.06. The van der Waals surface area contributed by atoms with Gasteiger partial charge in [0.05, 0.1) is 6.10 Å². The van der Waals surface area contributed by atoms with E-state index in [1.807, 2.05) is 25.1 Å². The van der Waals surface area contributed by atoms with E-state index in [1.165, 1.54) is 11.1 Å². The summed E-state index contributed by atoms with van der Waals surface area (Å²) in [7, 11) is 0. The van der Waals surface area contributed by atoms with Gasteiger partial charge >= 0.3 is 6.03 Å². The predicted octanol–water partition coefficient (Wildman–Crippen LogP) is 2.12. The monoisotopic (exact) mass is 278 g/mol. The summed E-state index contributed by atoms with van der Waals surface area (Å²) in [5.74, 6) is 0.757. The van der Waals surface area contributed by atoms with Gasteiger partial charge in [-0.3, -0.25) is 0 Å². The van der Waals surface area contributed by atoms with Gasteiger partial charge in [-0.05, 0) is 49.9 Å². The van der Waals surface area contributed by atoms with Crippen molar-refractivity contribution in [3.8, 4) is 5.75 Å². The maximum atomic E-state index is 11.6. The number of rotatable bonds is 5. The average Bonchev–Trinajstić information content (AvgIpc) is 2.94. The highest BCUT2D eigenvalue weighted by atomic mass is 16.5. The Morgan fingerprint density at radius 1 is 1.35 bits per heavy atom. The number of hydrogen-bond donors (Lipinski definition) is 2. The number of nitrogens with one attached hydrogen (secondary N) is 2. The van der Waals surface area contributed by atoms with Crippen molar-refractivity contribution in [1.29, 1.82) is 0 Å². The Labute approximate surface area is 119 Å². The zero-order valence-corrected chi connectivity index (χ0v) is 12.1. The molecule has 20 heavy (non-hydrogen) atoms. The van der Waals surface area contributed by atoms with Gasteiger partial charge in [0.2, 0.25) is 0 Å². The largest absolute Gasteiger partial charge is 0.473 e. The molecule has 0 saturated carbocycles. The molecule has 2 N–H and O–H groups in total. The van der Waals surface area contributed by atoms with Crippen molar-refractivity contribution in [2.24, 2.45) is 0 Å². The highest BCUT2D eigenvalue weighted by molar-refractivity contribution is 5.73. The lowest BCUT2D eigenvalue weighted by molar-refractivity contribution is 0.111. The Morgan fingerprint density at radius 3 is 2.90 bits per heavy atom. The summed E-state index contributed by atoms with van der Waals surface area (Å²) in [6.07, 6.45) is 2.24. The molecule has 1 fully saturated rings. The van der Waals surface area contributed by atoms with Gasteiger partial charge in [0.25, 0.3) is 0 Å². The first-order valence-corrected chi connectivity index (χ1v) is 6.98. The van der Waals surface area contributed by atoms with E-state index in [-0.39, 0.29) is 18.9 Å². The zero-order valence-electron chi connectivity index (χ0n) is 12.1. The molecule has 0 aliphatic carbocycles. The lowest BCUT2D eigenvalue weighted by Crippen LogP contribution is -2.41. The lowest BCUT2D eigenvalue weighted by atomic mass is 10.1. The van der Waals surface area contributed by atoms with E-state index in [2.05, 4.69) is 17.6 Å². The van der Waals surface area contributed by atoms with E-state index < -0.39 is 0 Å². The Kier molecular flexibility index (Phi) is 5.24. The summed E-state index contributed by atoms with van der Waals surface area (Å²) in [5, 5.41) is 5.44. The molecule has 110 valence electrons. The van der Waals surface area contributed by atoms with Crippen LogP contribution < -0.4 is 15.4 Å². The SMILES string of the molecule is Cc1ccc(OCNC(=O)NCC2CCCO2)cc1C. The first kappa shape index (κ1) is 14.7. The van der Waals surface area contributed by atoms with Crippen molar-refractivity contribution in [3.05, 3.63) is 29.3 Å². The number of hydrogen-bond acceptors (Lipinski definition) is 3. The number of benzene rings is 1. The molecule has 1 aromatic rings. The third kappa shape index (κ3) is 4.42. The zero-order chi connectivity index (χ0) is 14.4. The average molecular weight is 278 g/mol. The third-order valence-electron chi connectivity index (χ3n) is 3.46. The molecule has 1 heterocycles. The first-order valence-electron chi connectivity index (χ1n) is 6.98. The third-order valence-corrected chi connectivity index (χ3v) is 3.46. The van der Waals surface area contributed by atoms with Crippen molar-refractivity contribution < 1.29 is 14.3 Å². The molecule has 0 radical (unpaired) electrons. The van der Waals surface area contributed by atoms with Gasteiger partial charge in [0.15, 0.2) is 6.73 Å². The second-order valence-corrected chi connectivity index (χ2v) is 5.06. The van der Waals surface area contributed by atoms with Crippen LogP contribution in [0.3, 0.4) is 0 Å². The molecule has 0 bridgehead atoms. The Hall–Kier alpha value is -1.75. The fourth-order valence-electron chi connectivity index (χ4n) is 2.06. The normalized spacial score (nSPS) is 17.8. The highest BCUT2D eigenvalue weighted by Gasteiger charge is 2.15. The standard InChI is InChI=1S/C15H22N2O3/c1-11-5-6-13(8-12(11)2)20-10-17-15(18)16-9-14-4-3-7-19-14/h5-6,8,14H,3-4,7,9-10H2,1-2H3,(H2,16,17,18). The lowest BCUT2D eigenvalue weighted by Gasteiger charge is -2.12. The minimum Gasteiger partial charge on any atom is -0.473 e. The van der Waals surface area contributed by atoms with Crippen LogP contribution in [-0.2, 0) is 4.74 Å². The van der Waals surface area contributed by atoms with Crippen LogP contribution in [0, 0.1) is 13.8 Å². The van der Waals surface area contributed by atoms with E-state index in [1.54, 1.807) is 0 Å². The Bertz CT molecular complexity index is 456. The van der Waals surface area contributed by atoms with Crippen LogP contribution in [0.15, 0.2) is 18.2 Å². The van der Waals surface area contributed by atoms with E-state index in [4.69, 9.17) is 9.47 Å². The fraction of sp³-hybridized carbons (Fsp3) is 0.533. The summed E-state index contributed by atoms with van der Waals surface area (Å²) >= 11 is 0. The topological polar surface area (TPSA) is 59.6 Å². The van der Waals surface area contributed by atoms with Crippen LogP contribution in [0.4, 0.5) is 4.79 Å². The molecule has 1 aliphatic rings. The van der Waals surface area contributed by atoms with Gasteiger partial charge in [-0.1, -0.05) is 6.07 Å². The Morgan fingerprint density at radius 2 is 2.20 bits per heavy atom. The van der Waals surface area contributed by atoms with Crippen molar-refractivity contribution in [2.75, 3.05) is 19.9 Å². The molecule has 0 aromatic heterocycles. The number of carbonyl (C=O) groups excluding carboxylic acids is 1. The number of carbonyl (C=O) groups is 1. The molecule has 1 saturated heterocycles. The maximum Gasteiger partial charge on any atom is 0.317 e. The number of amides is 2. The Balaban J connectivity index is 1.64. The minimum atomic E-state index is -0.232. The van der Waals surface area contributed by atoms with Crippen LogP contribution in [0.25, 0.3) is 0 Å². The second kappa shape index (κ2) is 7.14. The molecule has 1 atom stereocenters. The number of aryl methyl sites for hydroxylation is 2. The molecule has 1 aromatic carbocycles.